The van der Waals surface area contributed by atoms with Crippen LogP contribution in [0, 0.1) is 11.6 Å². The Labute approximate surface area is 247 Å². The number of rotatable bonds is 8. The van der Waals surface area contributed by atoms with Crippen molar-refractivity contribution in [2.45, 2.75) is 36.9 Å². The maximum absolute atomic E-state index is 15.4. The molecule has 11 nitrogen and oxygen atoms in total. The SMILES string of the molecule is COCC(C(=O)Nc1cccc2c(-c3nc(-c4cccc(S(C)(=O)=O)c4F)nc(N)c3F)c[nH]c12)N1C[C@@H](C)N[C@H](C)C1. The summed E-state index contributed by atoms with van der Waals surface area (Å²) in [6, 6.07) is 8.75. The number of H-pyrrole nitrogens is 1. The van der Waals surface area contributed by atoms with E-state index in [4.69, 9.17) is 10.5 Å². The van der Waals surface area contributed by atoms with Crippen LogP contribution in [0.15, 0.2) is 47.5 Å². The largest absolute Gasteiger partial charge is 0.383 e. The molecule has 1 amide bonds. The monoisotopic (exact) mass is 613 g/mol. The van der Waals surface area contributed by atoms with Gasteiger partial charge in [0.15, 0.2) is 33.1 Å². The molecule has 43 heavy (non-hydrogen) atoms. The number of carbonyl (C=O) groups excluding carboxylic acids is 1. The normalized spacial score (nSPS) is 18.6. The number of carbonyl (C=O) groups is 1. The van der Waals surface area contributed by atoms with Gasteiger partial charge in [0.2, 0.25) is 5.91 Å². The molecule has 1 aliphatic rings. The molecule has 5 N–H and O–H groups in total. The van der Waals surface area contributed by atoms with E-state index >= 15 is 8.78 Å². The number of aromatic amines is 1. The van der Waals surface area contributed by atoms with Crippen LogP contribution >= 0.6 is 0 Å². The van der Waals surface area contributed by atoms with Crippen molar-refractivity contribution >= 4 is 38.2 Å². The van der Waals surface area contributed by atoms with Crippen molar-refractivity contribution in [1.29, 1.82) is 0 Å². The summed E-state index contributed by atoms with van der Waals surface area (Å²) < 4.78 is 60.1. The number of para-hydroxylation sites is 1. The van der Waals surface area contributed by atoms with Gasteiger partial charge in [-0.15, -0.1) is 0 Å². The summed E-state index contributed by atoms with van der Waals surface area (Å²) in [6.45, 7) is 5.67. The molecule has 0 aliphatic carbocycles. The van der Waals surface area contributed by atoms with E-state index in [1.807, 2.05) is 0 Å². The molecule has 3 heterocycles. The molecule has 1 fully saturated rings. The van der Waals surface area contributed by atoms with E-state index in [1.165, 1.54) is 18.3 Å². The molecule has 228 valence electrons. The molecule has 3 atom stereocenters. The predicted molar refractivity (Wildman–Crippen MR) is 160 cm³/mol. The molecule has 1 aliphatic heterocycles. The highest BCUT2D eigenvalue weighted by Gasteiger charge is 2.32. The van der Waals surface area contributed by atoms with Gasteiger partial charge in [-0.05, 0) is 32.0 Å². The van der Waals surface area contributed by atoms with Crippen molar-refractivity contribution in [3.8, 4) is 22.6 Å². The predicted octanol–water partition coefficient (Wildman–Crippen LogP) is 3.19. The molecule has 2 aromatic carbocycles. The third-order valence-corrected chi connectivity index (χ3v) is 8.48. The van der Waals surface area contributed by atoms with Gasteiger partial charge < -0.3 is 26.1 Å². The summed E-state index contributed by atoms with van der Waals surface area (Å²) in [5.74, 6) is -3.07. The molecule has 2 aromatic heterocycles. The van der Waals surface area contributed by atoms with Crippen molar-refractivity contribution in [2.75, 3.05) is 44.1 Å². The number of benzene rings is 2. The minimum absolute atomic E-state index is 0.197. The van der Waals surface area contributed by atoms with Gasteiger partial charge >= 0.3 is 0 Å². The summed E-state index contributed by atoms with van der Waals surface area (Å²) >= 11 is 0. The molecule has 4 aromatic rings. The number of nitrogen functional groups attached to an aromatic ring is 1. The molecule has 0 radical (unpaired) electrons. The van der Waals surface area contributed by atoms with E-state index in [9.17, 15) is 13.2 Å². The minimum Gasteiger partial charge on any atom is -0.383 e. The van der Waals surface area contributed by atoms with E-state index in [0.29, 0.717) is 29.7 Å². The van der Waals surface area contributed by atoms with Crippen LogP contribution in [-0.2, 0) is 19.4 Å². The third kappa shape index (κ3) is 6.09. The fraction of sp³-hybridized carbons (Fsp3) is 0.345. The summed E-state index contributed by atoms with van der Waals surface area (Å²) in [5, 5.41) is 6.95. The highest BCUT2D eigenvalue weighted by Crippen LogP contribution is 2.36. The fourth-order valence-electron chi connectivity index (χ4n) is 5.53. The second-order valence-electron chi connectivity index (χ2n) is 10.8. The number of nitrogens with one attached hydrogen (secondary N) is 3. The molecule has 0 bridgehead atoms. The number of ether oxygens (including phenoxy) is 1. The van der Waals surface area contributed by atoms with Gasteiger partial charge in [0.05, 0.1) is 23.4 Å². The van der Waals surface area contributed by atoms with Crippen LogP contribution in [-0.4, -0.2) is 85.4 Å². The zero-order valence-electron chi connectivity index (χ0n) is 24.1. The topological polar surface area (TPSA) is 155 Å². The molecule has 14 heteroatoms. The van der Waals surface area contributed by atoms with E-state index in [0.717, 1.165) is 12.3 Å². The summed E-state index contributed by atoms with van der Waals surface area (Å²) in [4.78, 5) is 26.3. The average molecular weight is 614 g/mol. The van der Waals surface area contributed by atoms with Gasteiger partial charge in [0.25, 0.3) is 0 Å². The maximum Gasteiger partial charge on any atom is 0.244 e. The van der Waals surface area contributed by atoms with Crippen LogP contribution < -0.4 is 16.4 Å². The Balaban J connectivity index is 1.52. The number of amides is 1. The van der Waals surface area contributed by atoms with E-state index in [2.05, 4.69) is 44.3 Å². The van der Waals surface area contributed by atoms with Crippen molar-refractivity contribution in [3.63, 3.8) is 0 Å². The average Bonchev–Trinajstić information content (AvgIpc) is 3.37. The first-order valence-electron chi connectivity index (χ1n) is 13.6. The summed E-state index contributed by atoms with van der Waals surface area (Å²) in [7, 11) is -2.34. The van der Waals surface area contributed by atoms with Gasteiger partial charge in [-0.1, -0.05) is 18.2 Å². The van der Waals surface area contributed by atoms with Gasteiger partial charge in [0, 0.05) is 55.7 Å². The lowest BCUT2D eigenvalue weighted by molar-refractivity contribution is -0.124. The molecular formula is C29H33F2N7O4S. The van der Waals surface area contributed by atoms with Gasteiger partial charge in [0.1, 0.15) is 16.6 Å². The number of nitrogens with zero attached hydrogens (tertiary/aromatic N) is 3. The number of halogens is 2. The van der Waals surface area contributed by atoms with Crippen molar-refractivity contribution in [3.05, 3.63) is 54.2 Å². The zero-order valence-corrected chi connectivity index (χ0v) is 24.9. The number of aromatic nitrogens is 3. The molecule has 0 spiro atoms. The van der Waals surface area contributed by atoms with Crippen molar-refractivity contribution < 1.29 is 26.7 Å². The molecule has 1 unspecified atom stereocenters. The first-order valence-corrected chi connectivity index (χ1v) is 15.5. The molecule has 0 saturated carbocycles. The van der Waals surface area contributed by atoms with Crippen LogP contribution in [0.5, 0.6) is 0 Å². The minimum atomic E-state index is -3.89. The Kier molecular flexibility index (Phi) is 8.47. The number of anilines is 2. The van der Waals surface area contributed by atoms with E-state index in [-0.39, 0.29) is 47.2 Å². The zero-order chi connectivity index (χ0) is 31.1. The maximum atomic E-state index is 15.4. The number of hydrogen-bond donors (Lipinski definition) is 4. The third-order valence-electron chi connectivity index (χ3n) is 7.36. The second kappa shape index (κ2) is 12.0. The van der Waals surface area contributed by atoms with Gasteiger partial charge in [-0.3, -0.25) is 9.69 Å². The smallest absolute Gasteiger partial charge is 0.244 e. The molecular weight excluding hydrogens is 580 g/mol. The fourth-order valence-corrected chi connectivity index (χ4v) is 6.29. The van der Waals surface area contributed by atoms with Crippen molar-refractivity contribution in [1.82, 2.24) is 25.2 Å². The van der Waals surface area contributed by atoms with Crippen LogP contribution in [0.4, 0.5) is 20.3 Å². The lowest BCUT2D eigenvalue weighted by Gasteiger charge is -2.39. The Morgan fingerprint density at radius 3 is 2.49 bits per heavy atom. The van der Waals surface area contributed by atoms with E-state index < -0.39 is 38.2 Å². The Hall–Kier alpha value is -3.98. The summed E-state index contributed by atoms with van der Waals surface area (Å²) in [5.41, 5.74) is 6.66. The number of methoxy groups -OCH3 is 1. The van der Waals surface area contributed by atoms with E-state index in [1.54, 1.807) is 25.3 Å². The van der Waals surface area contributed by atoms with Crippen LogP contribution in [0.1, 0.15) is 13.8 Å². The lowest BCUT2D eigenvalue weighted by Crippen LogP contribution is -2.60. The second-order valence-corrected chi connectivity index (χ2v) is 12.8. The Morgan fingerprint density at radius 2 is 1.81 bits per heavy atom. The molecule has 1 saturated heterocycles. The Morgan fingerprint density at radius 1 is 1.12 bits per heavy atom. The Bertz CT molecular complexity index is 1790. The number of nitrogens with two attached hydrogens (primary N) is 1. The van der Waals surface area contributed by atoms with Gasteiger partial charge in [-0.25, -0.2) is 27.2 Å². The lowest BCUT2D eigenvalue weighted by atomic mass is 10.1. The summed E-state index contributed by atoms with van der Waals surface area (Å²) in [6.07, 6.45) is 2.38. The number of fused-ring (bicyclic) bond motifs is 1. The number of sulfone groups is 1. The van der Waals surface area contributed by atoms with Gasteiger partial charge in [-0.2, -0.15) is 0 Å². The first kappa shape index (κ1) is 30.5. The number of piperazine rings is 1. The van der Waals surface area contributed by atoms with Crippen LogP contribution in [0.3, 0.4) is 0 Å². The quantitative estimate of drug-likeness (QED) is 0.235. The first-order chi connectivity index (χ1) is 20.4. The van der Waals surface area contributed by atoms with Crippen LogP contribution in [0.25, 0.3) is 33.5 Å². The van der Waals surface area contributed by atoms with Crippen molar-refractivity contribution in [2.24, 2.45) is 0 Å². The van der Waals surface area contributed by atoms with Crippen LogP contribution in [0.2, 0.25) is 0 Å². The number of hydrogen-bond acceptors (Lipinski definition) is 9. The molecule has 5 rings (SSSR count). The highest BCUT2D eigenvalue weighted by atomic mass is 32.2. The standard InChI is InChI=1S/C29H33F2N7O4S/c1-15-12-38(13-16(2)34-15)21(14-42-3)29(39)35-20-9-5-7-17-19(11-33-25(17)20)26-24(31)27(32)37-28(36-26)18-8-6-10-22(23(18)30)43(4,40)41/h5-11,15-16,21,33-34H,12-14H2,1-4H3,(H,35,39)(H2,32,36,37)/t15-,16-,21?/m1/s1. The highest BCUT2D eigenvalue weighted by molar-refractivity contribution is 7.90.